The molecule has 0 bridgehead atoms. The minimum atomic E-state index is -0.487. The first-order valence-electron chi connectivity index (χ1n) is 8.20. The van der Waals surface area contributed by atoms with Gasteiger partial charge in [0.2, 0.25) is 5.91 Å². The van der Waals surface area contributed by atoms with E-state index in [0.29, 0.717) is 6.54 Å². The number of piperidine rings is 1. The Morgan fingerprint density at radius 2 is 2.17 bits per heavy atom. The fourth-order valence-corrected chi connectivity index (χ4v) is 3.07. The molecule has 2 atom stereocenters. The zero-order chi connectivity index (χ0) is 17.1. The largest absolute Gasteiger partial charge is 0.440 e. The van der Waals surface area contributed by atoms with Gasteiger partial charge in [0.15, 0.2) is 11.5 Å². The molecule has 1 aromatic carbocycles. The number of para-hydroxylation sites is 2. The van der Waals surface area contributed by atoms with Gasteiger partial charge in [-0.05, 0) is 38.4 Å². The number of hydrogen-bond donors (Lipinski definition) is 2. The summed E-state index contributed by atoms with van der Waals surface area (Å²) in [5.74, 6) is 0.578. The Bertz CT molecular complexity index is 709. The molecular weight excluding hydrogens is 308 g/mol. The average molecular weight is 330 g/mol. The molecule has 2 N–H and O–H groups in total. The molecule has 3 rings (SSSR count). The van der Waals surface area contributed by atoms with E-state index < -0.39 is 6.03 Å². The predicted molar refractivity (Wildman–Crippen MR) is 89.6 cm³/mol. The van der Waals surface area contributed by atoms with Crippen LogP contribution < -0.4 is 10.6 Å². The van der Waals surface area contributed by atoms with Gasteiger partial charge in [-0.1, -0.05) is 12.1 Å². The lowest BCUT2D eigenvalue weighted by Gasteiger charge is -2.34. The molecular formula is C17H22N4O3. The first-order chi connectivity index (χ1) is 11.6. The highest BCUT2D eigenvalue weighted by molar-refractivity contribution is 5.96. The standard InChI is InChI=1S/C17H22N4O3/c1-11(15(22)20-17(23)18-2)21-9-5-6-12(10-21)16-19-13-7-3-4-8-14(13)24-16/h3-4,7-8,11-12H,5-6,9-10H2,1-2H3,(H2,18,20,22,23)/t11-,12-/m1/s1. The minimum Gasteiger partial charge on any atom is -0.440 e. The highest BCUT2D eigenvalue weighted by atomic mass is 16.3. The molecule has 2 heterocycles. The number of hydrogen-bond acceptors (Lipinski definition) is 5. The van der Waals surface area contributed by atoms with Gasteiger partial charge in [0.05, 0.1) is 6.04 Å². The number of likely N-dealkylation sites (tertiary alicyclic amines) is 1. The number of carbonyl (C=O) groups excluding carboxylic acids is 2. The number of fused-ring (bicyclic) bond motifs is 1. The van der Waals surface area contributed by atoms with Crippen molar-refractivity contribution in [1.29, 1.82) is 0 Å². The second-order valence-electron chi connectivity index (χ2n) is 6.10. The third-order valence-corrected chi connectivity index (χ3v) is 4.50. The van der Waals surface area contributed by atoms with Gasteiger partial charge in [0, 0.05) is 19.5 Å². The summed E-state index contributed by atoms with van der Waals surface area (Å²) >= 11 is 0. The van der Waals surface area contributed by atoms with Crippen molar-refractivity contribution in [3.8, 4) is 0 Å². The van der Waals surface area contributed by atoms with Crippen molar-refractivity contribution in [3.05, 3.63) is 30.2 Å². The molecule has 24 heavy (non-hydrogen) atoms. The van der Waals surface area contributed by atoms with E-state index in [-0.39, 0.29) is 17.9 Å². The third-order valence-electron chi connectivity index (χ3n) is 4.50. The molecule has 0 radical (unpaired) electrons. The summed E-state index contributed by atoms with van der Waals surface area (Å²) in [4.78, 5) is 30.1. The van der Waals surface area contributed by atoms with Gasteiger partial charge < -0.3 is 9.73 Å². The van der Waals surface area contributed by atoms with Gasteiger partial charge >= 0.3 is 6.03 Å². The number of benzene rings is 1. The Labute approximate surface area is 140 Å². The second kappa shape index (κ2) is 7.00. The van der Waals surface area contributed by atoms with Crippen molar-refractivity contribution in [2.75, 3.05) is 20.1 Å². The summed E-state index contributed by atoms with van der Waals surface area (Å²) in [7, 11) is 1.48. The number of aromatic nitrogens is 1. The van der Waals surface area contributed by atoms with E-state index in [1.807, 2.05) is 31.2 Å². The summed E-state index contributed by atoms with van der Waals surface area (Å²) < 4.78 is 5.88. The molecule has 128 valence electrons. The lowest BCUT2D eigenvalue weighted by Crippen LogP contribution is -2.51. The highest BCUT2D eigenvalue weighted by Crippen LogP contribution is 2.29. The predicted octanol–water partition coefficient (Wildman–Crippen LogP) is 1.85. The topological polar surface area (TPSA) is 87.5 Å². The Morgan fingerprint density at radius 1 is 1.38 bits per heavy atom. The molecule has 1 aliphatic heterocycles. The van der Waals surface area contributed by atoms with E-state index >= 15 is 0 Å². The molecule has 3 amide bonds. The Hall–Kier alpha value is -2.41. The van der Waals surface area contributed by atoms with Crippen molar-refractivity contribution in [2.24, 2.45) is 0 Å². The number of urea groups is 1. The van der Waals surface area contributed by atoms with Gasteiger partial charge in [-0.2, -0.15) is 0 Å². The number of carbonyl (C=O) groups is 2. The maximum Gasteiger partial charge on any atom is 0.321 e. The summed E-state index contributed by atoms with van der Waals surface area (Å²) in [6.07, 6.45) is 1.94. The van der Waals surface area contributed by atoms with Crippen LogP contribution in [-0.4, -0.2) is 48.0 Å². The van der Waals surface area contributed by atoms with Gasteiger partial charge in [0.25, 0.3) is 0 Å². The van der Waals surface area contributed by atoms with Crippen LogP contribution in [-0.2, 0) is 4.79 Å². The van der Waals surface area contributed by atoms with E-state index in [1.165, 1.54) is 7.05 Å². The molecule has 1 aromatic heterocycles. The molecule has 0 saturated carbocycles. The smallest absolute Gasteiger partial charge is 0.321 e. The van der Waals surface area contributed by atoms with E-state index in [1.54, 1.807) is 0 Å². The summed E-state index contributed by atoms with van der Waals surface area (Å²) in [6, 6.07) is 6.84. The average Bonchev–Trinajstić information content (AvgIpc) is 3.05. The number of rotatable bonds is 3. The molecule has 1 fully saturated rings. The second-order valence-corrected chi connectivity index (χ2v) is 6.10. The van der Waals surface area contributed by atoms with Crippen LogP contribution in [0.4, 0.5) is 4.79 Å². The maximum atomic E-state index is 12.1. The third kappa shape index (κ3) is 3.41. The number of nitrogens with one attached hydrogen (secondary N) is 2. The van der Waals surface area contributed by atoms with E-state index in [2.05, 4.69) is 20.5 Å². The first-order valence-corrected chi connectivity index (χ1v) is 8.20. The Balaban J connectivity index is 1.69. The van der Waals surface area contributed by atoms with Crippen LogP contribution in [0.3, 0.4) is 0 Å². The molecule has 1 saturated heterocycles. The van der Waals surface area contributed by atoms with Gasteiger partial charge in [-0.15, -0.1) is 0 Å². The monoisotopic (exact) mass is 330 g/mol. The van der Waals surface area contributed by atoms with Crippen LogP contribution in [0.1, 0.15) is 31.6 Å². The van der Waals surface area contributed by atoms with Crippen molar-refractivity contribution in [3.63, 3.8) is 0 Å². The normalized spacial score (nSPS) is 19.8. The summed E-state index contributed by atoms with van der Waals surface area (Å²) in [5.41, 5.74) is 1.64. The number of oxazole rings is 1. The van der Waals surface area contributed by atoms with E-state index in [0.717, 1.165) is 36.4 Å². The van der Waals surface area contributed by atoms with Crippen molar-refractivity contribution in [1.82, 2.24) is 20.5 Å². The Kier molecular flexibility index (Phi) is 4.80. The number of nitrogens with zero attached hydrogens (tertiary/aromatic N) is 2. The van der Waals surface area contributed by atoms with Crippen molar-refractivity contribution in [2.45, 2.75) is 31.7 Å². The van der Waals surface area contributed by atoms with E-state index in [9.17, 15) is 9.59 Å². The van der Waals surface area contributed by atoms with E-state index in [4.69, 9.17) is 4.42 Å². The minimum absolute atomic E-state index is 0.154. The zero-order valence-electron chi connectivity index (χ0n) is 13.9. The SMILES string of the molecule is CNC(=O)NC(=O)[C@@H](C)N1CCC[C@@H](c2nc3ccccc3o2)C1. The molecule has 0 spiro atoms. The number of imide groups is 1. The van der Waals surface area contributed by atoms with Crippen LogP contribution in [0.15, 0.2) is 28.7 Å². The Morgan fingerprint density at radius 3 is 2.92 bits per heavy atom. The fraction of sp³-hybridized carbons (Fsp3) is 0.471. The molecule has 0 aliphatic carbocycles. The van der Waals surface area contributed by atoms with Gasteiger partial charge in [-0.25, -0.2) is 9.78 Å². The fourth-order valence-electron chi connectivity index (χ4n) is 3.07. The molecule has 2 aromatic rings. The molecule has 7 heteroatoms. The van der Waals surface area contributed by atoms with Crippen LogP contribution in [0.5, 0.6) is 0 Å². The van der Waals surface area contributed by atoms with Crippen LogP contribution in [0, 0.1) is 0 Å². The highest BCUT2D eigenvalue weighted by Gasteiger charge is 2.31. The van der Waals surface area contributed by atoms with Gasteiger partial charge in [0.1, 0.15) is 5.52 Å². The molecule has 0 unspecified atom stereocenters. The van der Waals surface area contributed by atoms with Gasteiger partial charge in [-0.3, -0.25) is 15.0 Å². The lowest BCUT2D eigenvalue weighted by molar-refractivity contribution is -0.125. The van der Waals surface area contributed by atoms with Crippen LogP contribution >= 0.6 is 0 Å². The van der Waals surface area contributed by atoms with Crippen molar-refractivity contribution >= 4 is 23.0 Å². The molecule has 1 aliphatic rings. The summed E-state index contributed by atoms with van der Waals surface area (Å²) in [5, 5.41) is 4.72. The maximum absolute atomic E-state index is 12.1. The quantitative estimate of drug-likeness (QED) is 0.897. The van der Waals surface area contributed by atoms with Crippen LogP contribution in [0.25, 0.3) is 11.1 Å². The van der Waals surface area contributed by atoms with Crippen LogP contribution in [0.2, 0.25) is 0 Å². The summed E-state index contributed by atoms with van der Waals surface area (Å²) in [6.45, 7) is 3.32. The molecule has 7 nitrogen and oxygen atoms in total. The first kappa shape index (κ1) is 16.4. The van der Waals surface area contributed by atoms with Crippen molar-refractivity contribution < 1.29 is 14.0 Å². The lowest BCUT2D eigenvalue weighted by atomic mass is 9.96. The number of amides is 3. The zero-order valence-corrected chi connectivity index (χ0v) is 13.9.